The van der Waals surface area contributed by atoms with Crippen molar-refractivity contribution in [2.24, 2.45) is 0 Å². The summed E-state index contributed by atoms with van der Waals surface area (Å²) >= 11 is 0. The van der Waals surface area contributed by atoms with Crippen molar-refractivity contribution < 1.29 is 9.90 Å². The number of likely N-dealkylation sites (tertiary alicyclic amines) is 1. The molecule has 1 aromatic carbocycles. The van der Waals surface area contributed by atoms with Gasteiger partial charge in [-0.3, -0.25) is 0 Å². The summed E-state index contributed by atoms with van der Waals surface area (Å²) in [5.74, 6) is 0.157. The fourth-order valence-corrected chi connectivity index (χ4v) is 3.06. The van der Waals surface area contributed by atoms with Gasteiger partial charge in [-0.1, -0.05) is 6.92 Å². The lowest BCUT2D eigenvalue weighted by molar-refractivity contribution is 0.0697. The van der Waals surface area contributed by atoms with Crippen molar-refractivity contribution in [1.82, 2.24) is 14.5 Å². The Morgan fingerprint density at radius 2 is 2.30 bits per heavy atom. The highest BCUT2D eigenvalue weighted by Crippen LogP contribution is 2.28. The molecule has 1 saturated heterocycles. The number of carbonyl (C=O) groups is 1. The van der Waals surface area contributed by atoms with Gasteiger partial charge in [-0.25, -0.2) is 9.78 Å². The van der Waals surface area contributed by atoms with Gasteiger partial charge >= 0.3 is 5.97 Å². The summed E-state index contributed by atoms with van der Waals surface area (Å²) in [6, 6.07) is 5.58. The van der Waals surface area contributed by atoms with Gasteiger partial charge in [0.05, 0.1) is 16.6 Å². The van der Waals surface area contributed by atoms with Gasteiger partial charge in [0.2, 0.25) is 0 Å². The van der Waals surface area contributed by atoms with Gasteiger partial charge in [-0.05, 0) is 38.2 Å². The lowest BCUT2D eigenvalue weighted by Gasteiger charge is -2.16. The van der Waals surface area contributed by atoms with Crippen LogP contribution in [0.2, 0.25) is 0 Å². The van der Waals surface area contributed by atoms with Crippen LogP contribution in [0, 0.1) is 0 Å². The van der Waals surface area contributed by atoms with Crippen molar-refractivity contribution in [2.45, 2.75) is 25.8 Å². The molecule has 2 aromatic rings. The average Bonchev–Trinajstić information content (AvgIpc) is 3.00. The van der Waals surface area contributed by atoms with E-state index in [1.807, 2.05) is 6.07 Å². The van der Waals surface area contributed by atoms with E-state index in [2.05, 4.69) is 28.4 Å². The number of aromatic nitrogens is 2. The number of carboxylic acids is 1. The largest absolute Gasteiger partial charge is 0.478 e. The Balaban J connectivity index is 2.16. The van der Waals surface area contributed by atoms with E-state index in [0.717, 1.165) is 42.8 Å². The molecule has 5 nitrogen and oxygen atoms in total. The lowest BCUT2D eigenvalue weighted by Crippen LogP contribution is -2.17. The van der Waals surface area contributed by atoms with Crippen molar-refractivity contribution in [1.29, 1.82) is 0 Å². The van der Waals surface area contributed by atoms with E-state index in [9.17, 15) is 4.79 Å². The standard InChI is InChI=1S/C15H19N3O2/c1-3-14-16-12-5-4-10(15(19)20)8-13(12)18(14)11-6-7-17(2)9-11/h4-5,8,11H,3,6-7,9H2,1-2H3,(H,19,20). The first-order chi connectivity index (χ1) is 9.60. The van der Waals surface area contributed by atoms with Crippen LogP contribution >= 0.6 is 0 Å². The van der Waals surface area contributed by atoms with Crippen molar-refractivity contribution in [2.75, 3.05) is 20.1 Å². The first kappa shape index (κ1) is 13.1. The van der Waals surface area contributed by atoms with Crippen LogP contribution < -0.4 is 0 Å². The zero-order valence-corrected chi connectivity index (χ0v) is 11.8. The number of imidazole rings is 1. The minimum absolute atomic E-state index is 0.327. The molecule has 0 amide bonds. The smallest absolute Gasteiger partial charge is 0.335 e. The van der Waals surface area contributed by atoms with E-state index in [1.165, 1.54) is 0 Å². The summed E-state index contributed by atoms with van der Waals surface area (Å²) in [5, 5.41) is 9.17. The third-order valence-electron chi connectivity index (χ3n) is 4.06. The second-order valence-corrected chi connectivity index (χ2v) is 5.46. The molecule has 5 heteroatoms. The third kappa shape index (κ3) is 2.08. The van der Waals surface area contributed by atoms with Gasteiger partial charge in [0, 0.05) is 19.0 Å². The minimum Gasteiger partial charge on any atom is -0.478 e. The number of hydrogen-bond donors (Lipinski definition) is 1. The van der Waals surface area contributed by atoms with Crippen LogP contribution in [0.25, 0.3) is 11.0 Å². The molecule has 2 heterocycles. The first-order valence-electron chi connectivity index (χ1n) is 7.03. The molecule has 1 aliphatic rings. The summed E-state index contributed by atoms with van der Waals surface area (Å²) in [6.07, 6.45) is 1.95. The van der Waals surface area contributed by atoms with Crippen molar-refractivity contribution in [3.8, 4) is 0 Å². The molecule has 1 fully saturated rings. The number of carboxylic acid groups (broad SMARTS) is 1. The molecular formula is C15H19N3O2. The van der Waals surface area contributed by atoms with Gasteiger partial charge in [-0.2, -0.15) is 0 Å². The molecule has 1 aromatic heterocycles. The quantitative estimate of drug-likeness (QED) is 0.931. The molecular weight excluding hydrogens is 254 g/mol. The monoisotopic (exact) mass is 273 g/mol. The van der Waals surface area contributed by atoms with Gasteiger partial charge in [0.15, 0.2) is 0 Å². The summed E-state index contributed by atoms with van der Waals surface area (Å²) in [5.41, 5.74) is 2.16. The summed E-state index contributed by atoms with van der Waals surface area (Å²) < 4.78 is 2.24. The number of hydrogen-bond acceptors (Lipinski definition) is 3. The maximum atomic E-state index is 11.2. The van der Waals surface area contributed by atoms with Gasteiger partial charge in [-0.15, -0.1) is 0 Å². The zero-order chi connectivity index (χ0) is 14.3. The van der Waals surface area contributed by atoms with Crippen molar-refractivity contribution >= 4 is 17.0 Å². The second-order valence-electron chi connectivity index (χ2n) is 5.46. The van der Waals surface area contributed by atoms with Crippen LogP contribution in [0.3, 0.4) is 0 Å². The fourth-order valence-electron chi connectivity index (χ4n) is 3.06. The number of aromatic carboxylic acids is 1. The predicted octanol–water partition coefficient (Wildman–Crippen LogP) is 2.17. The topological polar surface area (TPSA) is 58.4 Å². The Labute approximate surface area is 117 Å². The maximum Gasteiger partial charge on any atom is 0.335 e. The molecule has 1 unspecified atom stereocenters. The van der Waals surface area contributed by atoms with E-state index in [-0.39, 0.29) is 0 Å². The van der Waals surface area contributed by atoms with E-state index in [4.69, 9.17) is 5.11 Å². The highest BCUT2D eigenvalue weighted by Gasteiger charge is 2.25. The Hall–Kier alpha value is -1.88. The average molecular weight is 273 g/mol. The number of rotatable bonds is 3. The molecule has 1 N–H and O–H groups in total. The lowest BCUT2D eigenvalue weighted by atomic mass is 10.2. The Morgan fingerprint density at radius 3 is 2.90 bits per heavy atom. The summed E-state index contributed by atoms with van der Waals surface area (Å²) in [4.78, 5) is 18.1. The molecule has 0 radical (unpaired) electrons. The summed E-state index contributed by atoms with van der Waals surface area (Å²) in [6.45, 7) is 4.16. The number of likely N-dealkylation sites (N-methyl/N-ethyl adjacent to an activating group) is 1. The molecule has 0 spiro atoms. The van der Waals surface area contributed by atoms with Crippen LogP contribution in [0.5, 0.6) is 0 Å². The normalized spacial score (nSPS) is 19.8. The van der Waals surface area contributed by atoms with E-state index in [0.29, 0.717) is 11.6 Å². The van der Waals surface area contributed by atoms with Crippen LogP contribution in [0.1, 0.15) is 35.6 Å². The van der Waals surface area contributed by atoms with E-state index < -0.39 is 5.97 Å². The number of benzene rings is 1. The minimum atomic E-state index is -0.888. The Bertz CT molecular complexity index is 662. The van der Waals surface area contributed by atoms with Gasteiger partial charge in [0.1, 0.15) is 5.82 Å². The van der Waals surface area contributed by atoms with Crippen LogP contribution in [0.4, 0.5) is 0 Å². The first-order valence-corrected chi connectivity index (χ1v) is 7.03. The zero-order valence-electron chi connectivity index (χ0n) is 11.8. The molecule has 3 rings (SSSR count). The SMILES string of the molecule is CCc1nc2ccc(C(=O)O)cc2n1C1CCN(C)C1. The highest BCUT2D eigenvalue weighted by molar-refractivity contribution is 5.92. The van der Waals surface area contributed by atoms with Crippen molar-refractivity contribution in [3.05, 3.63) is 29.6 Å². The molecule has 1 atom stereocenters. The second kappa shape index (κ2) is 4.90. The summed E-state index contributed by atoms with van der Waals surface area (Å²) in [7, 11) is 2.12. The van der Waals surface area contributed by atoms with Gasteiger partial charge in [0.25, 0.3) is 0 Å². The van der Waals surface area contributed by atoms with Gasteiger partial charge < -0.3 is 14.6 Å². The molecule has 20 heavy (non-hydrogen) atoms. The predicted molar refractivity (Wildman–Crippen MR) is 77.2 cm³/mol. The number of nitrogens with zero attached hydrogens (tertiary/aromatic N) is 3. The van der Waals surface area contributed by atoms with Crippen LogP contribution in [-0.4, -0.2) is 45.7 Å². The van der Waals surface area contributed by atoms with E-state index in [1.54, 1.807) is 12.1 Å². The van der Waals surface area contributed by atoms with Crippen molar-refractivity contribution in [3.63, 3.8) is 0 Å². The maximum absolute atomic E-state index is 11.2. The van der Waals surface area contributed by atoms with E-state index >= 15 is 0 Å². The highest BCUT2D eigenvalue weighted by atomic mass is 16.4. The molecule has 0 saturated carbocycles. The third-order valence-corrected chi connectivity index (χ3v) is 4.06. The molecule has 0 bridgehead atoms. The van der Waals surface area contributed by atoms with Crippen LogP contribution in [0.15, 0.2) is 18.2 Å². The fraction of sp³-hybridized carbons (Fsp3) is 0.467. The molecule has 106 valence electrons. The number of fused-ring (bicyclic) bond motifs is 1. The number of aryl methyl sites for hydroxylation is 1. The van der Waals surface area contributed by atoms with Crippen LogP contribution in [-0.2, 0) is 6.42 Å². The molecule has 1 aliphatic heterocycles. The Morgan fingerprint density at radius 1 is 1.50 bits per heavy atom. The molecule has 0 aliphatic carbocycles. The Kier molecular flexibility index (Phi) is 3.22.